The average molecular weight is 315 g/mol. The van der Waals surface area contributed by atoms with Crippen LogP contribution >= 0.6 is 11.6 Å². The summed E-state index contributed by atoms with van der Waals surface area (Å²) in [7, 11) is 0. The van der Waals surface area contributed by atoms with Crippen molar-refractivity contribution >= 4 is 17.5 Å². The van der Waals surface area contributed by atoms with Crippen molar-refractivity contribution in [2.24, 2.45) is 0 Å². The second-order valence-corrected chi connectivity index (χ2v) is 6.18. The van der Waals surface area contributed by atoms with Crippen molar-refractivity contribution in [3.63, 3.8) is 0 Å². The summed E-state index contributed by atoms with van der Waals surface area (Å²) in [6.45, 7) is 4.39. The van der Waals surface area contributed by atoms with Gasteiger partial charge in [0, 0.05) is 24.6 Å². The maximum absolute atomic E-state index is 12.5. The summed E-state index contributed by atoms with van der Waals surface area (Å²) in [5, 5.41) is 13.7. The average Bonchev–Trinajstić information content (AvgIpc) is 2.75. The highest BCUT2D eigenvalue weighted by atomic mass is 35.5. The Bertz CT molecular complexity index is 468. The van der Waals surface area contributed by atoms with E-state index in [0.29, 0.717) is 19.3 Å². The fraction of sp³-hybridized carbons (Fsp3) is 0.733. The molecule has 1 aromatic rings. The summed E-state index contributed by atoms with van der Waals surface area (Å²) < 4.78 is 4.90. The van der Waals surface area contributed by atoms with Crippen molar-refractivity contribution < 1.29 is 14.4 Å². The highest BCUT2D eigenvalue weighted by Crippen LogP contribution is 2.24. The molecule has 1 saturated heterocycles. The number of hydrogen-bond donors (Lipinski definition) is 1. The van der Waals surface area contributed by atoms with E-state index in [1.54, 1.807) is 6.92 Å². The lowest BCUT2D eigenvalue weighted by molar-refractivity contribution is -0.135. The van der Waals surface area contributed by atoms with Gasteiger partial charge in [-0.3, -0.25) is 4.79 Å². The van der Waals surface area contributed by atoms with Gasteiger partial charge in [-0.15, -0.1) is 0 Å². The van der Waals surface area contributed by atoms with Crippen molar-refractivity contribution in [3.8, 4) is 0 Å². The number of aliphatic hydroxyl groups excluding tert-OH is 1. The highest BCUT2D eigenvalue weighted by molar-refractivity contribution is 6.29. The number of hydrogen-bond acceptors (Lipinski definition) is 4. The van der Waals surface area contributed by atoms with E-state index in [1.165, 1.54) is 0 Å². The molecule has 0 saturated carbocycles. The first-order chi connectivity index (χ1) is 9.99. The minimum atomic E-state index is -0.377. The molecule has 118 valence electrons. The number of amides is 1. The van der Waals surface area contributed by atoms with Gasteiger partial charge in [-0.2, -0.15) is 0 Å². The molecule has 0 aromatic carbocycles. The van der Waals surface area contributed by atoms with Crippen LogP contribution in [0.15, 0.2) is 4.52 Å². The van der Waals surface area contributed by atoms with Gasteiger partial charge in [0.2, 0.25) is 11.1 Å². The Hall–Kier alpha value is -1.07. The number of rotatable bonds is 5. The van der Waals surface area contributed by atoms with E-state index in [0.717, 1.165) is 37.1 Å². The van der Waals surface area contributed by atoms with E-state index >= 15 is 0 Å². The van der Waals surface area contributed by atoms with Crippen LogP contribution < -0.4 is 0 Å². The Kier molecular flexibility index (Phi) is 5.65. The Morgan fingerprint density at radius 2 is 2.33 bits per heavy atom. The molecule has 2 heterocycles. The van der Waals surface area contributed by atoms with E-state index in [-0.39, 0.29) is 23.3 Å². The van der Waals surface area contributed by atoms with Crippen LogP contribution in [0.3, 0.4) is 0 Å². The van der Waals surface area contributed by atoms with E-state index in [9.17, 15) is 9.90 Å². The number of aryl methyl sites for hydroxylation is 1. The maximum Gasteiger partial charge on any atom is 0.229 e. The minimum absolute atomic E-state index is 0.122. The third-order valence-electron chi connectivity index (χ3n) is 4.09. The molecule has 1 aromatic heterocycles. The van der Waals surface area contributed by atoms with Gasteiger partial charge in [0.05, 0.1) is 11.8 Å². The molecule has 0 aliphatic carbocycles. The van der Waals surface area contributed by atoms with Gasteiger partial charge >= 0.3 is 0 Å². The Morgan fingerprint density at radius 1 is 1.57 bits per heavy atom. The van der Waals surface area contributed by atoms with Crippen LogP contribution in [-0.2, 0) is 11.2 Å². The molecule has 1 amide bonds. The quantitative estimate of drug-likeness (QED) is 0.907. The van der Waals surface area contributed by atoms with Gasteiger partial charge in [-0.05, 0) is 57.6 Å². The van der Waals surface area contributed by atoms with Crippen LogP contribution in [0.4, 0.5) is 0 Å². The van der Waals surface area contributed by atoms with Gasteiger partial charge in [-0.25, -0.2) is 0 Å². The first-order valence-corrected chi connectivity index (χ1v) is 7.95. The zero-order valence-corrected chi connectivity index (χ0v) is 13.4. The van der Waals surface area contributed by atoms with Crippen LogP contribution in [0.5, 0.6) is 0 Å². The molecule has 1 fully saturated rings. The number of nitrogens with zero attached hydrogens (tertiary/aromatic N) is 2. The van der Waals surface area contributed by atoms with E-state index in [4.69, 9.17) is 16.1 Å². The second kappa shape index (κ2) is 7.27. The van der Waals surface area contributed by atoms with Crippen molar-refractivity contribution in [1.82, 2.24) is 10.1 Å². The molecule has 2 unspecified atom stereocenters. The molecule has 2 rings (SSSR count). The topological polar surface area (TPSA) is 66.6 Å². The van der Waals surface area contributed by atoms with Gasteiger partial charge in [-0.1, -0.05) is 5.16 Å². The second-order valence-electron chi connectivity index (χ2n) is 5.84. The van der Waals surface area contributed by atoms with Crippen molar-refractivity contribution in [2.45, 2.75) is 64.5 Å². The molecule has 21 heavy (non-hydrogen) atoms. The normalized spacial score (nSPS) is 20.6. The lowest BCUT2D eigenvalue weighted by atomic mass is 9.96. The zero-order chi connectivity index (χ0) is 15.4. The number of likely N-dealkylation sites (tertiary alicyclic amines) is 1. The first kappa shape index (κ1) is 16.3. The van der Waals surface area contributed by atoms with Crippen LogP contribution in [0, 0.1) is 6.92 Å². The molecule has 1 aliphatic rings. The van der Waals surface area contributed by atoms with Crippen LogP contribution in [0.25, 0.3) is 0 Å². The molecular weight excluding hydrogens is 292 g/mol. The fourth-order valence-electron chi connectivity index (χ4n) is 2.98. The standard InChI is InChI=1S/C15H23ClN2O3/c1-10(19)9-12-5-3-4-8-18(12)14(20)7-6-13-11(2)17-21-15(13)16/h10,12,19H,3-9H2,1-2H3. The molecule has 5 nitrogen and oxygen atoms in total. The summed E-state index contributed by atoms with van der Waals surface area (Å²) in [5.41, 5.74) is 1.56. The number of aromatic nitrogens is 1. The summed E-state index contributed by atoms with van der Waals surface area (Å²) in [4.78, 5) is 14.4. The number of halogens is 1. The van der Waals surface area contributed by atoms with Crippen LogP contribution in [-0.4, -0.2) is 39.8 Å². The smallest absolute Gasteiger partial charge is 0.229 e. The van der Waals surface area contributed by atoms with Crippen molar-refractivity contribution in [1.29, 1.82) is 0 Å². The van der Waals surface area contributed by atoms with Gasteiger partial charge < -0.3 is 14.5 Å². The summed E-state index contributed by atoms with van der Waals surface area (Å²) >= 11 is 5.92. The van der Waals surface area contributed by atoms with Gasteiger partial charge in [0.25, 0.3) is 0 Å². The number of piperidine rings is 1. The predicted octanol–water partition coefficient (Wildman–Crippen LogP) is 2.72. The number of carbonyl (C=O) groups excluding carboxylic acids is 1. The van der Waals surface area contributed by atoms with Crippen molar-refractivity contribution in [3.05, 3.63) is 16.5 Å². The summed E-state index contributed by atoms with van der Waals surface area (Å²) in [6.07, 6.45) is 4.36. The Balaban J connectivity index is 1.94. The van der Waals surface area contributed by atoms with E-state index in [2.05, 4.69) is 5.16 Å². The molecule has 1 aliphatic heterocycles. The lowest BCUT2D eigenvalue weighted by Crippen LogP contribution is -2.45. The largest absolute Gasteiger partial charge is 0.393 e. The predicted molar refractivity (Wildman–Crippen MR) is 80.2 cm³/mol. The molecule has 2 atom stereocenters. The molecular formula is C15H23ClN2O3. The summed E-state index contributed by atoms with van der Waals surface area (Å²) in [5.74, 6) is 0.122. The molecule has 1 N–H and O–H groups in total. The van der Waals surface area contributed by atoms with Gasteiger partial charge in [0.1, 0.15) is 0 Å². The third-order valence-corrected chi connectivity index (χ3v) is 4.38. The SMILES string of the molecule is Cc1noc(Cl)c1CCC(=O)N1CCCCC1CC(C)O. The van der Waals surface area contributed by atoms with E-state index < -0.39 is 0 Å². The van der Waals surface area contributed by atoms with Crippen LogP contribution in [0.2, 0.25) is 5.22 Å². The maximum atomic E-state index is 12.5. The monoisotopic (exact) mass is 314 g/mol. The molecule has 0 radical (unpaired) electrons. The first-order valence-electron chi connectivity index (χ1n) is 7.57. The Morgan fingerprint density at radius 3 is 2.95 bits per heavy atom. The summed E-state index contributed by atoms with van der Waals surface area (Å²) in [6, 6.07) is 0.158. The number of carbonyl (C=O) groups is 1. The van der Waals surface area contributed by atoms with E-state index in [1.807, 2.05) is 11.8 Å². The molecule has 0 spiro atoms. The minimum Gasteiger partial charge on any atom is -0.393 e. The fourth-order valence-corrected chi connectivity index (χ4v) is 3.25. The zero-order valence-electron chi connectivity index (χ0n) is 12.6. The highest BCUT2D eigenvalue weighted by Gasteiger charge is 2.27. The van der Waals surface area contributed by atoms with Crippen LogP contribution in [0.1, 0.15) is 50.3 Å². The molecule has 0 bridgehead atoms. The lowest BCUT2D eigenvalue weighted by Gasteiger charge is -2.36. The molecule has 6 heteroatoms. The third kappa shape index (κ3) is 4.20. The van der Waals surface area contributed by atoms with Crippen molar-refractivity contribution in [2.75, 3.05) is 6.54 Å². The number of aliphatic hydroxyl groups is 1. The van der Waals surface area contributed by atoms with Gasteiger partial charge in [0.15, 0.2) is 0 Å². The Labute approximate surface area is 130 Å².